The predicted octanol–water partition coefficient (Wildman–Crippen LogP) is 1.59. The van der Waals surface area contributed by atoms with Crippen molar-refractivity contribution in [1.82, 2.24) is 4.90 Å². The number of likely N-dealkylation sites (tertiary alicyclic amines) is 1. The van der Waals surface area contributed by atoms with Crippen LogP contribution in [0.2, 0.25) is 0 Å². The van der Waals surface area contributed by atoms with E-state index in [1.54, 1.807) is 4.90 Å². The Hall–Kier alpha value is -0.770. The van der Waals surface area contributed by atoms with Crippen LogP contribution in [0.5, 0.6) is 0 Å². The molecule has 1 aliphatic rings. The highest BCUT2D eigenvalue weighted by Gasteiger charge is 2.30. The smallest absolute Gasteiger partial charge is 0.410 e. The molecule has 2 unspecified atom stereocenters. The first kappa shape index (κ1) is 12.3. The maximum atomic E-state index is 11.7. The first-order chi connectivity index (χ1) is 7.04. The predicted molar refractivity (Wildman–Crippen MR) is 59.6 cm³/mol. The lowest BCUT2D eigenvalue weighted by molar-refractivity contribution is 0.0472. The Balaban J connectivity index is 2.55. The van der Waals surface area contributed by atoms with Gasteiger partial charge < -0.3 is 15.4 Å². The van der Waals surface area contributed by atoms with Gasteiger partial charge in [0.2, 0.25) is 0 Å². The van der Waals surface area contributed by atoms with Gasteiger partial charge in [-0.1, -0.05) is 6.92 Å². The zero-order chi connectivity index (χ0) is 11.4. The quantitative estimate of drug-likeness (QED) is 0.759. The molecule has 1 rings (SSSR count). The minimum absolute atomic E-state index is 0.0599. The van der Waals surface area contributed by atoms with Crippen molar-refractivity contribution < 1.29 is 9.53 Å². The number of piperidine rings is 1. The second-order valence-electron chi connectivity index (χ2n) is 4.64. The maximum Gasteiger partial charge on any atom is 0.410 e. The fourth-order valence-corrected chi connectivity index (χ4v) is 1.98. The molecule has 2 atom stereocenters. The van der Waals surface area contributed by atoms with Crippen LogP contribution >= 0.6 is 0 Å². The van der Waals surface area contributed by atoms with Gasteiger partial charge in [0.1, 0.15) is 0 Å². The molecule has 1 saturated heterocycles. The van der Waals surface area contributed by atoms with Gasteiger partial charge in [-0.3, -0.25) is 0 Å². The number of carbonyl (C=O) groups is 1. The van der Waals surface area contributed by atoms with Gasteiger partial charge in [-0.05, 0) is 32.6 Å². The summed E-state index contributed by atoms with van der Waals surface area (Å²) in [5.41, 5.74) is 5.68. The minimum atomic E-state index is -0.215. The van der Waals surface area contributed by atoms with E-state index < -0.39 is 0 Å². The largest absolute Gasteiger partial charge is 0.447 e. The molecule has 0 radical (unpaired) electrons. The van der Waals surface area contributed by atoms with Crippen LogP contribution in [0.25, 0.3) is 0 Å². The van der Waals surface area contributed by atoms with E-state index in [0.29, 0.717) is 12.5 Å². The summed E-state index contributed by atoms with van der Waals surface area (Å²) in [6.07, 6.45) is 1.76. The lowest BCUT2D eigenvalue weighted by Crippen LogP contribution is -2.49. The van der Waals surface area contributed by atoms with E-state index in [1.807, 2.05) is 13.8 Å². The summed E-state index contributed by atoms with van der Waals surface area (Å²) in [6, 6.07) is 0.153. The third kappa shape index (κ3) is 3.38. The first-order valence-electron chi connectivity index (χ1n) is 5.72. The van der Waals surface area contributed by atoms with Crippen molar-refractivity contribution in [2.75, 3.05) is 13.1 Å². The van der Waals surface area contributed by atoms with Gasteiger partial charge in [-0.25, -0.2) is 4.79 Å². The highest BCUT2D eigenvalue weighted by molar-refractivity contribution is 5.68. The monoisotopic (exact) mass is 214 g/mol. The average Bonchev–Trinajstić information content (AvgIpc) is 2.16. The number of hydrogen-bond donors (Lipinski definition) is 1. The van der Waals surface area contributed by atoms with Crippen molar-refractivity contribution in [3.05, 3.63) is 0 Å². The molecule has 0 spiro atoms. The first-order valence-corrected chi connectivity index (χ1v) is 5.72. The van der Waals surface area contributed by atoms with Crippen LogP contribution in [0.4, 0.5) is 4.79 Å². The number of nitrogens with zero attached hydrogens (tertiary/aromatic N) is 1. The summed E-state index contributed by atoms with van der Waals surface area (Å²) in [5, 5.41) is 0. The van der Waals surface area contributed by atoms with Crippen molar-refractivity contribution >= 4 is 6.09 Å². The number of nitrogens with two attached hydrogens (primary N) is 1. The van der Waals surface area contributed by atoms with Crippen molar-refractivity contribution in [2.45, 2.75) is 45.8 Å². The van der Waals surface area contributed by atoms with Gasteiger partial charge in [0.05, 0.1) is 6.10 Å². The fourth-order valence-electron chi connectivity index (χ4n) is 1.98. The molecule has 15 heavy (non-hydrogen) atoms. The molecular weight excluding hydrogens is 192 g/mol. The van der Waals surface area contributed by atoms with Crippen molar-refractivity contribution in [3.8, 4) is 0 Å². The molecule has 1 amide bonds. The molecule has 0 aromatic carbocycles. The topological polar surface area (TPSA) is 55.6 Å². The van der Waals surface area contributed by atoms with Crippen LogP contribution in [-0.4, -0.2) is 36.2 Å². The van der Waals surface area contributed by atoms with E-state index in [-0.39, 0.29) is 18.2 Å². The second-order valence-corrected chi connectivity index (χ2v) is 4.64. The highest BCUT2D eigenvalue weighted by Crippen LogP contribution is 2.22. The fraction of sp³-hybridized carbons (Fsp3) is 0.909. The lowest BCUT2D eigenvalue weighted by atomic mass is 9.93. The third-order valence-corrected chi connectivity index (χ3v) is 2.82. The summed E-state index contributed by atoms with van der Waals surface area (Å²) in [6.45, 7) is 7.23. The third-order valence-electron chi connectivity index (χ3n) is 2.82. The van der Waals surface area contributed by atoms with Gasteiger partial charge in [0.15, 0.2) is 0 Å². The molecule has 2 N–H and O–H groups in total. The standard InChI is InChI=1S/C11H22N2O2/c1-8(2)15-11(14)13-5-4-9(3)6-10(13)7-12/h8-10H,4-7,12H2,1-3H3. The average molecular weight is 214 g/mol. The summed E-state index contributed by atoms with van der Waals surface area (Å²) in [5.74, 6) is 0.654. The molecule has 4 heteroatoms. The molecule has 88 valence electrons. The Labute approximate surface area is 91.8 Å². The number of hydrogen-bond acceptors (Lipinski definition) is 3. The van der Waals surface area contributed by atoms with E-state index in [9.17, 15) is 4.79 Å². The van der Waals surface area contributed by atoms with Gasteiger partial charge in [-0.15, -0.1) is 0 Å². The Morgan fingerprint density at radius 1 is 1.60 bits per heavy atom. The Kier molecular flexibility index (Phi) is 4.39. The van der Waals surface area contributed by atoms with E-state index in [2.05, 4.69) is 6.92 Å². The molecule has 0 bridgehead atoms. The molecule has 4 nitrogen and oxygen atoms in total. The van der Waals surface area contributed by atoms with Gasteiger partial charge >= 0.3 is 6.09 Å². The second kappa shape index (κ2) is 5.35. The summed E-state index contributed by atoms with van der Waals surface area (Å²) < 4.78 is 5.19. The normalized spacial score (nSPS) is 26.9. The molecule has 1 aliphatic heterocycles. The van der Waals surface area contributed by atoms with Crippen LogP contribution in [0.3, 0.4) is 0 Å². The van der Waals surface area contributed by atoms with Crippen LogP contribution in [0.1, 0.15) is 33.6 Å². The maximum absolute atomic E-state index is 11.7. The molecule has 0 aliphatic carbocycles. The zero-order valence-electron chi connectivity index (χ0n) is 9.90. The molecular formula is C11H22N2O2. The van der Waals surface area contributed by atoms with Crippen molar-refractivity contribution in [1.29, 1.82) is 0 Å². The van der Waals surface area contributed by atoms with Crippen LogP contribution in [0, 0.1) is 5.92 Å². The summed E-state index contributed by atoms with van der Waals surface area (Å²) >= 11 is 0. The summed E-state index contributed by atoms with van der Waals surface area (Å²) in [7, 11) is 0. The lowest BCUT2D eigenvalue weighted by Gasteiger charge is -2.37. The highest BCUT2D eigenvalue weighted by atomic mass is 16.6. The van der Waals surface area contributed by atoms with Gasteiger partial charge in [-0.2, -0.15) is 0 Å². The molecule has 1 fully saturated rings. The minimum Gasteiger partial charge on any atom is -0.447 e. The van der Waals surface area contributed by atoms with E-state index in [1.165, 1.54) is 0 Å². The Morgan fingerprint density at radius 2 is 2.27 bits per heavy atom. The number of amides is 1. The van der Waals surface area contributed by atoms with Crippen LogP contribution in [0.15, 0.2) is 0 Å². The molecule has 0 saturated carbocycles. The Morgan fingerprint density at radius 3 is 2.80 bits per heavy atom. The number of carbonyl (C=O) groups excluding carboxylic acids is 1. The van der Waals surface area contributed by atoms with Crippen LogP contribution in [-0.2, 0) is 4.74 Å². The summed E-state index contributed by atoms with van der Waals surface area (Å²) in [4.78, 5) is 13.5. The number of ether oxygens (including phenoxy) is 1. The molecule has 1 heterocycles. The van der Waals surface area contributed by atoms with E-state index >= 15 is 0 Å². The molecule has 0 aromatic rings. The van der Waals surface area contributed by atoms with E-state index in [0.717, 1.165) is 19.4 Å². The SMILES string of the molecule is CC1CCN(C(=O)OC(C)C)C(CN)C1. The van der Waals surface area contributed by atoms with Crippen molar-refractivity contribution in [2.24, 2.45) is 11.7 Å². The van der Waals surface area contributed by atoms with Crippen LogP contribution < -0.4 is 5.73 Å². The Bertz CT molecular complexity index is 219. The van der Waals surface area contributed by atoms with E-state index in [4.69, 9.17) is 10.5 Å². The van der Waals surface area contributed by atoms with Gasteiger partial charge in [0.25, 0.3) is 0 Å². The van der Waals surface area contributed by atoms with Crippen molar-refractivity contribution in [3.63, 3.8) is 0 Å². The number of rotatable bonds is 2. The zero-order valence-corrected chi connectivity index (χ0v) is 9.90. The van der Waals surface area contributed by atoms with Gasteiger partial charge in [0, 0.05) is 19.1 Å². The molecule has 0 aromatic heterocycles.